The van der Waals surface area contributed by atoms with E-state index in [0.717, 1.165) is 12.0 Å². The van der Waals surface area contributed by atoms with Gasteiger partial charge in [-0.1, -0.05) is 47.0 Å². The van der Waals surface area contributed by atoms with Crippen molar-refractivity contribution in [3.8, 4) is 0 Å². The Balaban J connectivity index is 1.97. The summed E-state index contributed by atoms with van der Waals surface area (Å²) < 4.78 is 0. The summed E-state index contributed by atoms with van der Waals surface area (Å²) >= 11 is 0. The molecule has 124 valence electrons. The molecule has 1 saturated heterocycles. The lowest BCUT2D eigenvalue weighted by molar-refractivity contribution is 0.0246. The molecule has 0 spiro atoms. The van der Waals surface area contributed by atoms with Crippen LogP contribution in [0.25, 0.3) is 0 Å². The van der Waals surface area contributed by atoms with Crippen LogP contribution in [0.15, 0.2) is 0 Å². The van der Waals surface area contributed by atoms with Gasteiger partial charge in [-0.2, -0.15) is 0 Å². The minimum Gasteiger partial charge on any atom is -0.314 e. The van der Waals surface area contributed by atoms with E-state index in [9.17, 15) is 0 Å². The summed E-state index contributed by atoms with van der Waals surface area (Å²) in [6, 6.07) is 1.51. The van der Waals surface area contributed by atoms with E-state index in [0.29, 0.717) is 11.5 Å². The normalized spacial score (nSPS) is 30.1. The molecular formula is C19H38N2. The lowest BCUT2D eigenvalue weighted by atomic mass is 9.76. The molecule has 1 aliphatic carbocycles. The quantitative estimate of drug-likeness (QED) is 0.746. The van der Waals surface area contributed by atoms with E-state index in [1.54, 1.807) is 0 Å². The zero-order valence-electron chi connectivity index (χ0n) is 15.0. The van der Waals surface area contributed by atoms with Gasteiger partial charge in [-0.3, -0.25) is 4.90 Å². The van der Waals surface area contributed by atoms with Crippen LogP contribution in [-0.2, 0) is 0 Å². The standard InChI is InChI=1S/C19H38N2/c1-5-12-19(4,14-20-16(2)3)15-21-13-8-10-17-9-6-7-11-18(17)21/h16-18,20H,5-15H2,1-4H3/t17-,18-,19?/m1/s1. The van der Waals surface area contributed by atoms with Gasteiger partial charge >= 0.3 is 0 Å². The molecule has 2 aliphatic rings. The molecule has 2 nitrogen and oxygen atoms in total. The van der Waals surface area contributed by atoms with Crippen molar-refractivity contribution < 1.29 is 0 Å². The highest BCUT2D eigenvalue weighted by Crippen LogP contribution is 2.37. The van der Waals surface area contributed by atoms with Gasteiger partial charge in [-0.15, -0.1) is 0 Å². The van der Waals surface area contributed by atoms with Crippen molar-refractivity contribution in [2.45, 2.75) is 91.1 Å². The molecule has 1 heterocycles. The maximum atomic E-state index is 3.71. The number of nitrogens with zero attached hydrogens (tertiary/aromatic N) is 1. The van der Waals surface area contributed by atoms with Crippen molar-refractivity contribution in [2.75, 3.05) is 19.6 Å². The fourth-order valence-corrected chi connectivity index (χ4v) is 4.69. The Bertz CT molecular complexity index is 300. The Kier molecular flexibility index (Phi) is 6.55. The Hall–Kier alpha value is -0.0800. The molecule has 2 rings (SSSR count). The predicted octanol–water partition coefficient (Wildman–Crippen LogP) is 4.45. The van der Waals surface area contributed by atoms with Crippen LogP contribution in [0.3, 0.4) is 0 Å². The molecule has 1 saturated carbocycles. The number of hydrogen-bond donors (Lipinski definition) is 1. The molecular weight excluding hydrogens is 256 g/mol. The van der Waals surface area contributed by atoms with E-state index >= 15 is 0 Å². The summed E-state index contributed by atoms with van der Waals surface area (Å²) in [4.78, 5) is 2.88. The van der Waals surface area contributed by atoms with Crippen LogP contribution in [-0.4, -0.2) is 36.6 Å². The molecule has 0 aromatic carbocycles. The molecule has 0 bridgehead atoms. The summed E-state index contributed by atoms with van der Waals surface area (Å²) in [5.74, 6) is 1.01. The Morgan fingerprint density at radius 2 is 1.86 bits per heavy atom. The SMILES string of the molecule is CCCC(C)(CNC(C)C)CN1CCC[C@H]2CCCC[C@H]21. The highest BCUT2D eigenvalue weighted by atomic mass is 15.2. The number of nitrogens with one attached hydrogen (secondary N) is 1. The van der Waals surface area contributed by atoms with Crippen molar-refractivity contribution in [1.82, 2.24) is 10.2 Å². The van der Waals surface area contributed by atoms with E-state index < -0.39 is 0 Å². The van der Waals surface area contributed by atoms with E-state index in [1.807, 2.05) is 0 Å². The minimum absolute atomic E-state index is 0.443. The number of piperidine rings is 1. The van der Waals surface area contributed by atoms with Crippen molar-refractivity contribution in [1.29, 1.82) is 0 Å². The summed E-state index contributed by atoms with van der Waals surface area (Å²) in [7, 11) is 0. The van der Waals surface area contributed by atoms with Gasteiger partial charge in [0.25, 0.3) is 0 Å². The number of fused-ring (bicyclic) bond motifs is 1. The molecule has 0 aromatic heterocycles. The zero-order chi connectivity index (χ0) is 15.3. The molecule has 2 fully saturated rings. The van der Waals surface area contributed by atoms with Gasteiger partial charge in [-0.05, 0) is 50.0 Å². The largest absolute Gasteiger partial charge is 0.314 e. The molecule has 1 N–H and O–H groups in total. The van der Waals surface area contributed by atoms with Crippen LogP contribution in [0, 0.1) is 11.3 Å². The zero-order valence-corrected chi connectivity index (χ0v) is 15.0. The monoisotopic (exact) mass is 294 g/mol. The number of rotatable bonds is 7. The fraction of sp³-hybridized carbons (Fsp3) is 1.00. The highest BCUT2D eigenvalue weighted by molar-refractivity contribution is 4.91. The van der Waals surface area contributed by atoms with Gasteiger partial charge in [0.05, 0.1) is 0 Å². The topological polar surface area (TPSA) is 15.3 Å². The maximum absolute atomic E-state index is 3.71. The smallest absolute Gasteiger partial charge is 0.0124 e. The highest BCUT2D eigenvalue weighted by Gasteiger charge is 2.36. The van der Waals surface area contributed by atoms with Crippen LogP contribution in [0.4, 0.5) is 0 Å². The molecule has 0 radical (unpaired) electrons. The second kappa shape index (κ2) is 7.97. The molecule has 1 aliphatic heterocycles. The summed E-state index contributed by atoms with van der Waals surface area (Å²) in [5.41, 5.74) is 0.443. The van der Waals surface area contributed by atoms with Gasteiger partial charge in [-0.25, -0.2) is 0 Å². The molecule has 0 aromatic rings. The third-order valence-corrected chi connectivity index (χ3v) is 5.73. The number of hydrogen-bond acceptors (Lipinski definition) is 2. The van der Waals surface area contributed by atoms with E-state index in [4.69, 9.17) is 0 Å². The van der Waals surface area contributed by atoms with Gasteiger partial charge in [0, 0.05) is 25.2 Å². The van der Waals surface area contributed by atoms with Gasteiger partial charge in [0.2, 0.25) is 0 Å². The first-order valence-corrected chi connectivity index (χ1v) is 9.51. The van der Waals surface area contributed by atoms with Crippen LogP contribution >= 0.6 is 0 Å². The molecule has 2 heteroatoms. The average Bonchev–Trinajstić information content (AvgIpc) is 2.46. The summed E-state index contributed by atoms with van der Waals surface area (Å²) in [6.45, 7) is 13.2. The van der Waals surface area contributed by atoms with Crippen molar-refractivity contribution in [3.63, 3.8) is 0 Å². The third-order valence-electron chi connectivity index (χ3n) is 5.73. The van der Waals surface area contributed by atoms with Gasteiger partial charge in [0.15, 0.2) is 0 Å². The van der Waals surface area contributed by atoms with Crippen LogP contribution in [0.1, 0.15) is 79.1 Å². The predicted molar refractivity (Wildman–Crippen MR) is 92.7 cm³/mol. The van der Waals surface area contributed by atoms with E-state index in [2.05, 4.69) is 37.9 Å². The lowest BCUT2D eigenvalue weighted by Gasteiger charge is -2.47. The maximum Gasteiger partial charge on any atom is 0.0124 e. The summed E-state index contributed by atoms with van der Waals surface area (Å²) in [6.07, 6.45) is 11.5. The van der Waals surface area contributed by atoms with Crippen LogP contribution in [0.5, 0.6) is 0 Å². The van der Waals surface area contributed by atoms with E-state index in [-0.39, 0.29) is 0 Å². The Morgan fingerprint density at radius 3 is 2.57 bits per heavy atom. The van der Waals surface area contributed by atoms with Crippen molar-refractivity contribution >= 4 is 0 Å². The summed E-state index contributed by atoms with van der Waals surface area (Å²) in [5, 5.41) is 3.71. The first kappa shape index (κ1) is 17.3. The van der Waals surface area contributed by atoms with Crippen molar-refractivity contribution in [3.05, 3.63) is 0 Å². The first-order chi connectivity index (χ1) is 10.0. The fourth-order valence-electron chi connectivity index (χ4n) is 4.69. The van der Waals surface area contributed by atoms with Crippen LogP contribution in [0.2, 0.25) is 0 Å². The molecule has 0 amide bonds. The number of likely N-dealkylation sites (tertiary alicyclic amines) is 1. The second-order valence-corrected chi connectivity index (χ2v) is 8.32. The van der Waals surface area contributed by atoms with Gasteiger partial charge in [0.1, 0.15) is 0 Å². The van der Waals surface area contributed by atoms with Gasteiger partial charge < -0.3 is 5.32 Å². The lowest BCUT2D eigenvalue weighted by Crippen LogP contribution is -2.52. The van der Waals surface area contributed by atoms with Crippen molar-refractivity contribution in [2.24, 2.45) is 11.3 Å². The van der Waals surface area contributed by atoms with E-state index in [1.165, 1.54) is 71.0 Å². The average molecular weight is 295 g/mol. The Morgan fingerprint density at radius 1 is 1.14 bits per heavy atom. The Labute approximate surface area is 133 Å². The first-order valence-electron chi connectivity index (χ1n) is 9.51. The molecule has 21 heavy (non-hydrogen) atoms. The van der Waals surface area contributed by atoms with Crippen LogP contribution < -0.4 is 5.32 Å². The minimum atomic E-state index is 0.443. The molecule has 3 atom stereocenters. The second-order valence-electron chi connectivity index (χ2n) is 8.32. The third kappa shape index (κ3) is 4.96. The molecule has 1 unspecified atom stereocenters.